The molecule has 1 amide bonds. The van der Waals surface area contributed by atoms with Crippen LogP contribution >= 0.6 is 11.6 Å². The molecule has 0 atom stereocenters. The Kier molecular flexibility index (Phi) is 5.60. The first-order valence-electron chi connectivity index (χ1n) is 6.10. The first kappa shape index (κ1) is 15.0. The molecule has 0 spiro atoms. The maximum atomic E-state index is 13.5. The zero-order chi connectivity index (χ0) is 13.7. The number of hydrogen-bond acceptors (Lipinski definition) is 1. The van der Waals surface area contributed by atoms with Crippen LogP contribution in [-0.2, 0) is 0 Å². The number of hydrogen-bond donors (Lipinski definition) is 0. The van der Waals surface area contributed by atoms with Gasteiger partial charge in [-0.1, -0.05) is 6.07 Å². The van der Waals surface area contributed by atoms with Crippen molar-refractivity contribution in [3.63, 3.8) is 0 Å². The van der Waals surface area contributed by atoms with Crippen LogP contribution in [0.4, 0.5) is 4.39 Å². The van der Waals surface area contributed by atoms with E-state index in [4.69, 9.17) is 11.6 Å². The number of aryl methyl sites for hydroxylation is 1. The van der Waals surface area contributed by atoms with Crippen LogP contribution in [0, 0.1) is 12.7 Å². The normalized spacial score (nSPS) is 10.8. The zero-order valence-electron chi connectivity index (χ0n) is 11.0. The van der Waals surface area contributed by atoms with Crippen LogP contribution in [0.25, 0.3) is 0 Å². The quantitative estimate of drug-likeness (QED) is 0.749. The second-order valence-electron chi connectivity index (χ2n) is 4.60. The van der Waals surface area contributed by atoms with Crippen molar-refractivity contribution in [3.05, 3.63) is 35.1 Å². The van der Waals surface area contributed by atoms with E-state index in [9.17, 15) is 9.18 Å². The highest BCUT2D eigenvalue weighted by Gasteiger charge is 2.18. The minimum atomic E-state index is -0.345. The largest absolute Gasteiger partial charge is 0.336 e. The summed E-state index contributed by atoms with van der Waals surface area (Å²) >= 11 is 5.65. The molecule has 1 aromatic carbocycles. The van der Waals surface area contributed by atoms with E-state index in [-0.39, 0.29) is 17.8 Å². The van der Waals surface area contributed by atoms with Crippen molar-refractivity contribution < 1.29 is 9.18 Å². The van der Waals surface area contributed by atoms with Crippen LogP contribution in [0.2, 0.25) is 0 Å². The van der Waals surface area contributed by atoms with Crippen LogP contribution in [0.5, 0.6) is 0 Å². The molecule has 0 aliphatic rings. The Labute approximate surface area is 113 Å². The van der Waals surface area contributed by atoms with Gasteiger partial charge >= 0.3 is 0 Å². The van der Waals surface area contributed by atoms with Crippen LogP contribution in [0.1, 0.15) is 36.2 Å². The molecular weight excluding hydrogens is 253 g/mol. The summed E-state index contributed by atoms with van der Waals surface area (Å²) in [5.74, 6) is 0.0228. The van der Waals surface area contributed by atoms with Crippen molar-refractivity contribution in [3.8, 4) is 0 Å². The van der Waals surface area contributed by atoms with Crippen LogP contribution in [-0.4, -0.2) is 29.3 Å². The second kappa shape index (κ2) is 6.74. The highest BCUT2D eigenvalue weighted by molar-refractivity contribution is 6.17. The van der Waals surface area contributed by atoms with Gasteiger partial charge in [-0.15, -0.1) is 11.6 Å². The SMILES string of the molecule is Cc1ccc(C(=O)N(CCCCl)C(C)C)cc1F. The molecule has 0 radical (unpaired) electrons. The molecule has 0 N–H and O–H groups in total. The van der Waals surface area contributed by atoms with Crippen molar-refractivity contribution in [2.75, 3.05) is 12.4 Å². The summed E-state index contributed by atoms with van der Waals surface area (Å²) in [5, 5.41) is 0. The van der Waals surface area contributed by atoms with Gasteiger partial charge in [0.1, 0.15) is 5.82 Å². The van der Waals surface area contributed by atoms with Crippen LogP contribution in [0.15, 0.2) is 18.2 Å². The fraction of sp³-hybridized carbons (Fsp3) is 0.500. The monoisotopic (exact) mass is 271 g/mol. The van der Waals surface area contributed by atoms with E-state index in [1.807, 2.05) is 13.8 Å². The molecule has 100 valence electrons. The van der Waals surface area contributed by atoms with E-state index in [0.29, 0.717) is 23.6 Å². The predicted octanol–water partition coefficient (Wildman–Crippen LogP) is 3.61. The highest BCUT2D eigenvalue weighted by atomic mass is 35.5. The summed E-state index contributed by atoms with van der Waals surface area (Å²) < 4.78 is 13.5. The molecule has 2 nitrogen and oxygen atoms in total. The third kappa shape index (κ3) is 3.70. The standard InChI is InChI=1S/C14H19ClFNO/c1-10(2)17(8-4-7-15)14(18)12-6-5-11(3)13(16)9-12/h5-6,9-10H,4,7-8H2,1-3H3. The van der Waals surface area contributed by atoms with Gasteiger partial charge in [-0.25, -0.2) is 4.39 Å². The lowest BCUT2D eigenvalue weighted by Crippen LogP contribution is -2.38. The second-order valence-corrected chi connectivity index (χ2v) is 4.98. The van der Waals surface area contributed by atoms with Gasteiger partial charge < -0.3 is 4.90 Å². The minimum absolute atomic E-state index is 0.0741. The topological polar surface area (TPSA) is 20.3 Å². The van der Waals surface area contributed by atoms with E-state index >= 15 is 0 Å². The molecule has 0 saturated carbocycles. The van der Waals surface area contributed by atoms with Gasteiger partial charge in [0.25, 0.3) is 5.91 Å². The number of halogens is 2. The lowest BCUT2D eigenvalue weighted by Gasteiger charge is -2.26. The Balaban J connectivity index is 2.91. The molecule has 1 aromatic rings. The predicted molar refractivity (Wildman–Crippen MR) is 72.6 cm³/mol. The molecule has 1 rings (SSSR count). The van der Waals surface area contributed by atoms with Crippen molar-refractivity contribution in [2.45, 2.75) is 33.2 Å². The van der Waals surface area contributed by atoms with Gasteiger partial charge in [0.2, 0.25) is 0 Å². The number of carbonyl (C=O) groups excluding carboxylic acids is 1. The summed E-state index contributed by atoms with van der Waals surface area (Å²) in [4.78, 5) is 14.0. The molecule has 18 heavy (non-hydrogen) atoms. The average molecular weight is 272 g/mol. The van der Waals surface area contributed by atoms with Gasteiger partial charge in [0, 0.05) is 24.0 Å². The fourth-order valence-corrected chi connectivity index (χ4v) is 1.84. The van der Waals surface area contributed by atoms with Crippen LogP contribution < -0.4 is 0 Å². The third-order valence-corrected chi connectivity index (χ3v) is 3.10. The Morgan fingerprint density at radius 2 is 2.11 bits per heavy atom. The average Bonchev–Trinajstić information content (AvgIpc) is 2.32. The summed E-state index contributed by atoms with van der Waals surface area (Å²) in [5.41, 5.74) is 0.935. The number of nitrogens with zero attached hydrogens (tertiary/aromatic N) is 1. The van der Waals surface area contributed by atoms with Crippen molar-refractivity contribution in [1.82, 2.24) is 4.90 Å². The Bertz CT molecular complexity index is 420. The number of benzene rings is 1. The first-order valence-corrected chi connectivity index (χ1v) is 6.64. The van der Waals surface area contributed by atoms with Crippen molar-refractivity contribution in [2.24, 2.45) is 0 Å². The lowest BCUT2D eigenvalue weighted by atomic mass is 10.1. The van der Waals surface area contributed by atoms with Gasteiger partial charge in [-0.2, -0.15) is 0 Å². The summed E-state index contributed by atoms with van der Waals surface area (Å²) in [7, 11) is 0. The Morgan fingerprint density at radius 3 is 2.61 bits per heavy atom. The molecular formula is C14H19ClFNO. The molecule has 0 heterocycles. The maximum Gasteiger partial charge on any atom is 0.254 e. The number of amides is 1. The molecule has 0 aliphatic heterocycles. The van der Waals surface area contributed by atoms with Crippen molar-refractivity contribution >= 4 is 17.5 Å². The van der Waals surface area contributed by atoms with E-state index in [1.165, 1.54) is 6.07 Å². The summed E-state index contributed by atoms with van der Waals surface area (Å²) in [6, 6.07) is 4.66. The third-order valence-electron chi connectivity index (χ3n) is 2.84. The molecule has 0 saturated heterocycles. The summed E-state index contributed by atoms with van der Waals surface area (Å²) in [6.07, 6.45) is 0.736. The Hall–Kier alpha value is -1.09. The maximum absolute atomic E-state index is 13.5. The summed E-state index contributed by atoms with van der Waals surface area (Å²) in [6.45, 7) is 6.15. The van der Waals surface area contributed by atoms with Crippen LogP contribution in [0.3, 0.4) is 0 Å². The number of rotatable bonds is 5. The molecule has 0 fully saturated rings. The van der Waals surface area contributed by atoms with Gasteiger partial charge in [0.05, 0.1) is 0 Å². The van der Waals surface area contributed by atoms with Gasteiger partial charge in [-0.05, 0) is 44.9 Å². The number of alkyl halides is 1. The molecule has 0 aromatic heterocycles. The zero-order valence-corrected chi connectivity index (χ0v) is 11.8. The first-order chi connectivity index (χ1) is 8.47. The van der Waals surface area contributed by atoms with E-state index < -0.39 is 0 Å². The minimum Gasteiger partial charge on any atom is -0.336 e. The Morgan fingerprint density at radius 1 is 1.44 bits per heavy atom. The van der Waals surface area contributed by atoms with Gasteiger partial charge in [-0.3, -0.25) is 4.79 Å². The molecule has 0 aliphatic carbocycles. The number of carbonyl (C=O) groups is 1. The molecule has 0 bridgehead atoms. The lowest BCUT2D eigenvalue weighted by molar-refractivity contribution is 0.0706. The molecule has 4 heteroatoms. The smallest absolute Gasteiger partial charge is 0.254 e. The highest BCUT2D eigenvalue weighted by Crippen LogP contribution is 2.13. The molecule has 0 unspecified atom stereocenters. The fourth-order valence-electron chi connectivity index (χ4n) is 1.72. The van der Waals surface area contributed by atoms with E-state index in [2.05, 4.69) is 0 Å². The van der Waals surface area contributed by atoms with E-state index in [0.717, 1.165) is 6.42 Å². The van der Waals surface area contributed by atoms with E-state index in [1.54, 1.807) is 24.0 Å². The van der Waals surface area contributed by atoms with Crippen molar-refractivity contribution in [1.29, 1.82) is 0 Å². The van der Waals surface area contributed by atoms with Gasteiger partial charge in [0.15, 0.2) is 0 Å².